The summed E-state index contributed by atoms with van der Waals surface area (Å²) >= 11 is 0. The van der Waals surface area contributed by atoms with Gasteiger partial charge >= 0.3 is 5.97 Å². The van der Waals surface area contributed by atoms with Crippen LogP contribution in [0.2, 0.25) is 0 Å². The van der Waals surface area contributed by atoms with Crippen LogP contribution in [0.5, 0.6) is 0 Å². The van der Waals surface area contributed by atoms with Crippen LogP contribution in [0.15, 0.2) is 0 Å². The van der Waals surface area contributed by atoms with Gasteiger partial charge in [-0.05, 0) is 13.3 Å². The summed E-state index contributed by atoms with van der Waals surface area (Å²) in [6.07, 6.45) is 1.13. The van der Waals surface area contributed by atoms with Gasteiger partial charge in [0.05, 0.1) is 13.2 Å². The molecule has 1 heterocycles. The Morgan fingerprint density at radius 1 is 1.69 bits per heavy atom. The largest absolute Gasteiger partial charge is 0.468 e. The summed E-state index contributed by atoms with van der Waals surface area (Å²) in [7, 11) is 1.36. The van der Waals surface area contributed by atoms with Crippen LogP contribution in [0.4, 0.5) is 0 Å². The number of nitrogens with two attached hydrogens (primary N) is 1. The van der Waals surface area contributed by atoms with Crippen molar-refractivity contribution in [3.8, 4) is 0 Å². The fourth-order valence-electron chi connectivity index (χ4n) is 1.50. The number of ether oxygens (including phenoxy) is 2. The molecule has 2 atom stereocenters. The summed E-state index contributed by atoms with van der Waals surface area (Å²) in [5.41, 5.74) is 5.02. The number of methoxy groups -OCH3 is 1. The SMILES string of the molecule is COC(=O)C1(N)CCOC(C)C1.Cl. The molecular weight excluding hydrogens is 194 g/mol. The van der Waals surface area contributed by atoms with Crippen molar-refractivity contribution in [1.82, 2.24) is 0 Å². The van der Waals surface area contributed by atoms with Gasteiger partial charge in [-0.3, -0.25) is 4.79 Å². The first-order valence-corrected chi connectivity index (χ1v) is 4.07. The lowest BCUT2D eigenvalue weighted by Gasteiger charge is -2.33. The van der Waals surface area contributed by atoms with E-state index in [2.05, 4.69) is 4.74 Å². The predicted octanol–water partition coefficient (Wildman–Crippen LogP) is 0.478. The lowest BCUT2D eigenvalue weighted by atomic mass is 9.88. The van der Waals surface area contributed by atoms with Gasteiger partial charge in [-0.1, -0.05) is 0 Å². The first-order chi connectivity index (χ1) is 5.58. The van der Waals surface area contributed by atoms with Gasteiger partial charge in [0.2, 0.25) is 0 Å². The molecule has 0 aromatic heterocycles. The third kappa shape index (κ3) is 2.83. The Morgan fingerprint density at radius 2 is 2.31 bits per heavy atom. The molecule has 2 unspecified atom stereocenters. The molecule has 0 amide bonds. The third-order valence-corrected chi connectivity index (χ3v) is 2.19. The maximum absolute atomic E-state index is 11.2. The van der Waals surface area contributed by atoms with Crippen LogP contribution in [0.3, 0.4) is 0 Å². The third-order valence-electron chi connectivity index (χ3n) is 2.19. The summed E-state index contributed by atoms with van der Waals surface area (Å²) in [6, 6.07) is 0. The van der Waals surface area contributed by atoms with Gasteiger partial charge in [-0.2, -0.15) is 0 Å². The van der Waals surface area contributed by atoms with Crippen LogP contribution in [0.25, 0.3) is 0 Å². The maximum Gasteiger partial charge on any atom is 0.326 e. The predicted molar refractivity (Wildman–Crippen MR) is 50.8 cm³/mol. The number of esters is 1. The van der Waals surface area contributed by atoms with Crippen molar-refractivity contribution in [3.63, 3.8) is 0 Å². The van der Waals surface area contributed by atoms with E-state index < -0.39 is 5.54 Å². The van der Waals surface area contributed by atoms with E-state index >= 15 is 0 Å². The van der Waals surface area contributed by atoms with E-state index in [-0.39, 0.29) is 24.5 Å². The number of carbonyl (C=O) groups excluding carboxylic acids is 1. The minimum absolute atomic E-state index is 0. The molecule has 4 nitrogen and oxygen atoms in total. The molecule has 1 saturated heterocycles. The van der Waals surface area contributed by atoms with Crippen molar-refractivity contribution < 1.29 is 14.3 Å². The van der Waals surface area contributed by atoms with E-state index in [1.807, 2.05) is 6.92 Å². The maximum atomic E-state index is 11.2. The molecule has 1 aliphatic rings. The molecule has 0 bridgehead atoms. The number of halogens is 1. The van der Waals surface area contributed by atoms with Crippen molar-refractivity contribution in [3.05, 3.63) is 0 Å². The number of carbonyl (C=O) groups is 1. The normalized spacial score (nSPS) is 33.3. The minimum atomic E-state index is -0.827. The van der Waals surface area contributed by atoms with Crippen LogP contribution >= 0.6 is 12.4 Å². The van der Waals surface area contributed by atoms with E-state index in [0.717, 1.165) is 0 Å². The second-order valence-electron chi connectivity index (χ2n) is 3.28. The first kappa shape index (κ1) is 12.7. The molecule has 0 aliphatic carbocycles. The number of hydrogen-bond acceptors (Lipinski definition) is 4. The average molecular weight is 210 g/mol. The molecule has 0 saturated carbocycles. The summed E-state index contributed by atoms with van der Waals surface area (Å²) in [6.45, 7) is 2.44. The average Bonchev–Trinajstić information content (AvgIpc) is 2.02. The smallest absolute Gasteiger partial charge is 0.326 e. The van der Waals surface area contributed by atoms with E-state index in [1.165, 1.54) is 7.11 Å². The topological polar surface area (TPSA) is 61.5 Å². The molecular formula is C8H16ClNO3. The second kappa shape index (κ2) is 4.79. The molecule has 1 fully saturated rings. The molecule has 0 aromatic rings. The van der Waals surface area contributed by atoms with Gasteiger partial charge < -0.3 is 15.2 Å². The summed E-state index contributed by atoms with van der Waals surface area (Å²) in [5.74, 6) is -0.336. The standard InChI is InChI=1S/C8H15NO3.ClH/c1-6-5-8(9,3-4-12-6)7(10)11-2;/h6H,3-5,9H2,1-2H3;1H. The Hall–Kier alpha value is -0.320. The molecule has 2 N–H and O–H groups in total. The van der Waals surface area contributed by atoms with Gasteiger partial charge in [0, 0.05) is 13.0 Å². The molecule has 1 rings (SSSR count). The zero-order chi connectivity index (χ0) is 9.19. The number of rotatable bonds is 1. The van der Waals surface area contributed by atoms with Gasteiger partial charge in [0.25, 0.3) is 0 Å². The fourth-order valence-corrected chi connectivity index (χ4v) is 1.50. The highest BCUT2D eigenvalue weighted by Gasteiger charge is 2.39. The van der Waals surface area contributed by atoms with Gasteiger partial charge in [0.15, 0.2) is 0 Å². The molecule has 13 heavy (non-hydrogen) atoms. The van der Waals surface area contributed by atoms with Crippen LogP contribution in [0, 0.1) is 0 Å². The molecule has 5 heteroatoms. The van der Waals surface area contributed by atoms with Crippen molar-refractivity contribution in [2.24, 2.45) is 5.73 Å². The van der Waals surface area contributed by atoms with Gasteiger partial charge in [0.1, 0.15) is 5.54 Å². The number of hydrogen-bond donors (Lipinski definition) is 1. The Bertz CT molecular complexity index is 188. The summed E-state index contributed by atoms with van der Waals surface area (Å²) in [4.78, 5) is 11.2. The lowest BCUT2D eigenvalue weighted by molar-refractivity contribution is -0.152. The quantitative estimate of drug-likeness (QED) is 0.638. The Kier molecular flexibility index (Phi) is 4.67. The van der Waals surface area contributed by atoms with Crippen LogP contribution in [-0.2, 0) is 14.3 Å². The highest BCUT2D eigenvalue weighted by Crippen LogP contribution is 2.23. The lowest BCUT2D eigenvalue weighted by Crippen LogP contribution is -2.54. The molecule has 0 aromatic carbocycles. The van der Waals surface area contributed by atoms with Crippen LogP contribution < -0.4 is 5.73 Å². The highest BCUT2D eigenvalue weighted by molar-refractivity contribution is 5.85. The van der Waals surface area contributed by atoms with E-state index in [4.69, 9.17) is 10.5 Å². The Morgan fingerprint density at radius 3 is 2.77 bits per heavy atom. The van der Waals surface area contributed by atoms with Crippen molar-refractivity contribution in [1.29, 1.82) is 0 Å². The fraction of sp³-hybridized carbons (Fsp3) is 0.875. The van der Waals surface area contributed by atoms with Crippen LogP contribution in [0.1, 0.15) is 19.8 Å². The summed E-state index contributed by atoms with van der Waals surface area (Å²) < 4.78 is 9.90. The molecule has 0 radical (unpaired) electrons. The zero-order valence-corrected chi connectivity index (χ0v) is 8.73. The monoisotopic (exact) mass is 209 g/mol. The minimum Gasteiger partial charge on any atom is -0.468 e. The Balaban J connectivity index is 0.00000144. The van der Waals surface area contributed by atoms with Gasteiger partial charge in [-0.25, -0.2) is 0 Å². The van der Waals surface area contributed by atoms with Crippen molar-refractivity contribution in [2.75, 3.05) is 13.7 Å². The van der Waals surface area contributed by atoms with E-state index in [0.29, 0.717) is 19.4 Å². The Labute approximate surface area is 84.2 Å². The molecule has 0 spiro atoms. The first-order valence-electron chi connectivity index (χ1n) is 4.07. The van der Waals surface area contributed by atoms with Crippen molar-refractivity contribution in [2.45, 2.75) is 31.4 Å². The zero-order valence-electron chi connectivity index (χ0n) is 7.91. The molecule has 78 valence electrons. The second-order valence-corrected chi connectivity index (χ2v) is 3.28. The van der Waals surface area contributed by atoms with Crippen LogP contribution in [-0.4, -0.2) is 31.3 Å². The van der Waals surface area contributed by atoms with Crippen molar-refractivity contribution >= 4 is 18.4 Å². The highest BCUT2D eigenvalue weighted by atomic mass is 35.5. The molecule has 1 aliphatic heterocycles. The van der Waals surface area contributed by atoms with E-state index in [9.17, 15) is 4.79 Å². The summed E-state index contributed by atoms with van der Waals surface area (Å²) in [5, 5.41) is 0. The van der Waals surface area contributed by atoms with Gasteiger partial charge in [-0.15, -0.1) is 12.4 Å². The van der Waals surface area contributed by atoms with E-state index in [1.54, 1.807) is 0 Å².